The molecule has 0 aliphatic heterocycles. The van der Waals surface area contributed by atoms with Gasteiger partial charge in [0.25, 0.3) is 5.91 Å². The van der Waals surface area contributed by atoms with Crippen molar-refractivity contribution in [3.8, 4) is 11.5 Å². The molecule has 0 heterocycles. The van der Waals surface area contributed by atoms with Crippen LogP contribution in [0, 0.1) is 0 Å². The number of phenols is 1. The van der Waals surface area contributed by atoms with Gasteiger partial charge in [0, 0.05) is 12.1 Å². The zero-order chi connectivity index (χ0) is 14.5. The van der Waals surface area contributed by atoms with Crippen molar-refractivity contribution >= 4 is 11.6 Å². The zero-order valence-corrected chi connectivity index (χ0v) is 11.1. The first-order valence-corrected chi connectivity index (χ1v) is 6.11. The van der Waals surface area contributed by atoms with Crippen LogP contribution in [-0.4, -0.2) is 18.1 Å². The predicted molar refractivity (Wildman–Crippen MR) is 76.9 cm³/mol. The quantitative estimate of drug-likeness (QED) is 0.795. The molecule has 0 aliphatic carbocycles. The van der Waals surface area contributed by atoms with Crippen molar-refractivity contribution in [2.24, 2.45) is 5.73 Å². The molecule has 5 nitrogen and oxygen atoms in total. The van der Waals surface area contributed by atoms with Crippen LogP contribution in [-0.2, 0) is 6.54 Å². The Morgan fingerprint density at radius 2 is 2.10 bits per heavy atom. The van der Waals surface area contributed by atoms with Crippen LogP contribution in [0.1, 0.15) is 15.9 Å². The molecule has 5 heteroatoms. The number of hydrogen-bond acceptors (Lipinski definition) is 4. The van der Waals surface area contributed by atoms with E-state index < -0.39 is 0 Å². The molecule has 0 aliphatic rings. The summed E-state index contributed by atoms with van der Waals surface area (Å²) >= 11 is 0. The highest BCUT2D eigenvalue weighted by molar-refractivity contribution is 6.05. The second-order valence-corrected chi connectivity index (χ2v) is 4.24. The number of ether oxygens (including phenoxy) is 1. The molecule has 0 unspecified atom stereocenters. The molecule has 0 saturated heterocycles. The third kappa shape index (κ3) is 3.07. The van der Waals surface area contributed by atoms with E-state index in [-0.39, 0.29) is 11.7 Å². The predicted octanol–water partition coefficient (Wildman–Crippen LogP) is 2.11. The van der Waals surface area contributed by atoms with E-state index in [1.165, 1.54) is 19.2 Å². The summed E-state index contributed by atoms with van der Waals surface area (Å²) in [6, 6.07) is 11.5. The lowest BCUT2D eigenvalue weighted by molar-refractivity contribution is 0.102. The summed E-state index contributed by atoms with van der Waals surface area (Å²) in [4.78, 5) is 12.1. The Morgan fingerprint density at radius 1 is 1.30 bits per heavy atom. The van der Waals surface area contributed by atoms with Crippen molar-refractivity contribution in [1.82, 2.24) is 0 Å². The maximum atomic E-state index is 12.1. The van der Waals surface area contributed by atoms with Gasteiger partial charge in [0.1, 0.15) is 11.5 Å². The van der Waals surface area contributed by atoms with E-state index in [4.69, 9.17) is 10.5 Å². The van der Waals surface area contributed by atoms with Gasteiger partial charge in [-0.2, -0.15) is 0 Å². The highest BCUT2D eigenvalue weighted by Crippen LogP contribution is 2.26. The number of phenolic OH excluding ortho intramolecular Hbond substituents is 1. The van der Waals surface area contributed by atoms with Gasteiger partial charge in [0.2, 0.25) is 0 Å². The molecular weight excluding hydrogens is 256 g/mol. The lowest BCUT2D eigenvalue weighted by Gasteiger charge is -2.11. The normalized spacial score (nSPS) is 10.1. The number of rotatable bonds is 4. The van der Waals surface area contributed by atoms with Crippen molar-refractivity contribution in [3.63, 3.8) is 0 Å². The number of nitrogens with two attached hydrogens (primary N) is 1. The molecule has 0 bridgehead atoms. The van der Waals surface area contributed by atoms with E-state index in [2.05, 4.69) is 5.32 Å². The van der Waals surface area contributed by atoms with Gasteiger partial charge in [-0.25, -0.2) is 0 Å². The minimum atomic E-state index is -0.320. The van der Waals surface area contributed by atoms with Gasteiger partial charge in [0.05, 0.1) is 12.8 Å². The van der Waals surface area contributed by atoms with Gasteiger partial charge in [-0.05, 0) is 35.9 Å². The lowest BCUT2D eigenvalue weighted by atomic mass is 10.1. The molecule has 0 atom stereocenters. The van der Waals surface area contributed by atoms with E-state index in [0.717, 1.165) is 5.56 Å². The Kier molecular flexibility index (Phi) is 4.22. The zero-order valence-electron chi connectivity index (χ0n) is 11.1. The Bertz CT molecular complexity index is 626. The smallest absolute Gasteiger partial charge is 0.255 e. The standard InChI is InChI=1S/C15H16N2O3/c1-20-14-7-10(9-16)5-6-13(14)17-15(19)11-3-2-4-12(18)8-11/h2-8,18H,9,16H2,1H3,(H,17,19). The number of nitrogens with one attached hydrogen (secondary N) is 1. The van der Waals surface area contributed by atoms with Crippen LogP contribution in [0.5, 0.6) is 11.5 Å². The lowest BCUT2D eigenvalue weighted by Crippen LogP contribution is -2.12. The fourth-order valence-electron chi connectivity index (χ4n) is 1.81. The van der Waals surface area contributed by atoms with Crippen molar-refractivity contribution in [1.29, 1.82) is 0 Å². The number of amides is 1. The second kappa shape index (κ2) is 6.08. The Morgan fingerprint density at radius 3 is 2.75 bits per heavy atom. The molecule has 0 fully saturated rings. The number of carbonyl (C=O) groups is 1. The molecule has 2 rings (SSSR count). The highest BCUT2D eigenvalue weighted by atomic mass is 16.5. The number of anilines is 1. The van der Waals surface area contributed by atoms with E-state index in [1.807, 2.05) is 6.07 Å². The van der Waals surface area contributed by atoms with Crippen LogP contribution >= 0.6 is 0 Å². The SMILES string of the molecule is COc1cc(CN)ccc1NC(=O)c1cccc(O)c1. The van der Waals surface area contributed by atoms with Gasteiger partial charge in [-0.1, -0.05) is 12.1 Å². The largest absolute Gasteiger partial charge is 0.508 e. The van der Waals surface area contributed by atoms with Gasteiger partial charge in [-0.3, -0.25) is 4.79 Å². The summed E-state index contributed by atoms with van der Waals surface area (Å²) in [5.41, 5.74) is 7.40. The third-order valence-corrected chi connectivity index (χ3v) is 2.86. The molecule has 0 saturated carbocycles. The van der Waals surface area contributed by atoms with E-state index in [1.54, 1.807) is 24.3 Å². The number of carbonyl (C=O) groups excluding carboxylic acids is 1. The first-order chi connectivity index (χ1) is 9.63. The monoisotopic (exact) mass is 272 g/mol. The van der Waals surface area contributed by atoms with Gasteiger partial charge < -0.3 is 20.9 Å². The molecule has 104 valence electrons. The number of hydrogen-bond donors (Lipinski definition) is 3. The first kappa shape index (κ1) is 13.9. The van der Waals surface area contributed by atoms with Crippen molar-refractivity contribution < 1.29 is 14.6 Å². The maximum absolute atomic E-state index is 12.1. The number of aromatic hydroxyl groups is 1. The van der Waals surface area contributed by atoms with E-state index >= 15 is 0 Å². The molecule has 1 amide bonds. The van der Waals surface area contributed by atoms with Crippen LogP contribution in [0.15, 0.2) is 42.5 Å². The second-order valence-electron chi connectivity index (χ2n) is 4.24. The minimum absolute atomic E-state index is 0.0445. The number of benzene rings is 2. The van der Waals surface area contributed by atoms with Crippen molar-refractivity contribution in [3.05, 3.63) is 53.6 Å². The Balaban J connectivity index is 2.23. The Labute approximate surface area is 117 Å². The highest BCUT2D eigenvalue weighted by Gasteiger charge is 2.10. The summed E-state index contributed by atoms with van der Waals surface area (Å²) in [6.45, 7) is 0.400. The van der Waals surface area contributed by atoms with Gasteiger partial charge in [0.15, 0.2) is 0 Å². The molecule has 0 spiro atoms. The minimum Gasteiger partial charge on any atom is -0.508 e. The molecule has 2 aromatic rings. The molecule has 0 radical (unpaired) electrons. The van der Waals surface area contributed by atoms with Crippen molar-refractivity contribution in [2.45, 2.75) is 6.54 Å². The van der Waals surface area contributed by atoms with Crippen LogP contribution in [0.25, 0.3) is 0 Å². The maximum Gasteiger partial charge on any atom is 0.255 e. The fraction of sp³-hybridized carbons (Fsp3) is 0.133. The van der Waals surface area contributed by atoms with Gasteiger partial charge >= 0.3 is 0 Å². The molecule has 4 N–H and O–H groups in total. The summed E-state index contributed by atoms with van der Waals surface area (Å²) in [6.07, 6.45) is 0. The fourth-order valence-corrected chi connectivity index (χ4v) is 1.81. The average molecular weight is 272 g/mol. The van der Waals surface area contributed by atoms with Crippen LogP contribution < -0.4 is 15.8 Å². The topological polar surface area (TPSA) is 84.6 Å². The van der Waals surface area contributed by atoms with Crippen LogP contribution in [0.3, 0.4) is 0 Å². The van der Waals surface area contributed by atoms with E-state index in [0.29, 0.717) is 23.5 Å². The van der Waals surface area contributed by atoms with Crippen LogP contribution in [0.4, 0.5) is 5.69 Å². The average Bonchev–Trinajstić information content (AvgIpc) is 2.47. The summed E-state index contributed by atoms with van der Waals surface area (Å²) in [7, 11) is 1.53. The summed E-state index contributed by atoms with van der Waals surface area (Å²) in [5.74, 6) is 0.268. The van der Waals surface area contributed by atoms with Crippen LogP contribution in [0.2, 0.25) is 0 Å². The number of methoxy groups -OCH3 is 1. The third-order valence-electron chi connectivity index (χ3n) is 2.86. The van der Waals surface area contributed by atoms with E-state index in [9.17, 15) is 9.90 Å². The molecule has 2 aromatic carbocycles. The van der Waals surface area contributed by atoms with Gasteiger partial charge in [-0.15, -0.1) is 0 Å². The van der Waals surface area contributed by atoms with Crippen molar-refractivity contribution in [2.75, 3.05) is 12.4 Å². The molecule has 20 heavy (non-hydrogen) atoms. The molecule has 0 aromatic heterocycles. The summed E-state index contributed by atoms with van der Waals surface area (Å²) < 4.78 is 5.23. The summed E-state index contributed by atoms with van der Waals surface area (Å²) in [5, 5.41) is 12.1. The molecular formula is C15H16N2O3. The Hall–Kier alpha value is -2.53. The first-order valence-electron chi connectivity index (χ1n) is 6.11.